The van der Waals surface area contributed by atoms with Gasteiger partial charge in [0.25, 0.3) is 0 Å². The van der Waals surface area contributed by atoms with E-state index in [0.717, 1.165) is 35.2 Å². The van der Waals surface area contributed by atoms with Crippen LogP contribution in [0.25, 0.3) is 0 Å². The number of amidine groups is 2. The van der Waals surface area contributed by atoms with Crippen LogP contribution >= 0.6 is 12.2 Å². The van der Waals surface area contributed by atoms with Crippen molar-refractivity contribution in [2.24, 2.45) is 15.9 Å². The number of nitrogens with zero attached hydrogens (tertiary/aromatic N) is 5. The maximum absolute atomic E-state index is 12.5. The van der Waals surface area contributed by atoms with Gasteiger partial charge >= 0.3 is 11.9 Å². The van der Waals surface area contributed by atoms with Crippen molar-refractivity contribution in [3.8, 4) is 0 Å². The van der Waals surface area contributed by atoms with E-state index in [4.69, 9.17) is 18.0 Å². The second-order valence-corrected chi connectivity index (χ2v) is 13.0. The van der Waals surface area contributed by atoms with Gasteiger partial charge in [0.15, 0.2) is 10.9 Å². The molecule has 1 saturated heterocycles. The number of carbonyl (C=O) groups excluding carboxylic acids is 1. The summed E-state index contributed by atoms with van der Waals surface area (Å²) < 4.78 is 0. The van der Waals surface area contributed by atoms with Crippen molar-refractivity contribution in [2.75, 3.05) is 64.2 Å². The summed E-state index contributed by atoms with van der Waals surface area (Å²) in [6.45, 7) is 6.88. The number of anilines is 1. The molecule has 0 bridgehead atoms. The first kappa shape index (κ1) is 39.1. The highest BCUT2D eigenvalue weighted by Crippen LogP contribution is 2.13. The highest BCUT2D eigenvalue weighted by atomic mass is 32.1. The number of benzene rings is 2. The van der Waals surface area contributed by atoms with Gasteiger partial charge in [-0.2, -0.15) is 0 Å². The number of carboxylic acid groups (broad SMARTS) is 2. The molecule has 16 nitrogen and oxygen atoms in total. The Hall–Kier alpha value is -4.68. The first-order valence-electron chi connectivity index (χ1n) is 17.1. The van der Waals surface area contributed by atoms with Crippen molar-refractivity contribution in [2.45, 2.75) is 45.3 Å². The fourth-order valence-corrected chi connectivity index (χ4v) is 5.77. The second kappa shape index (κ2) is 20.2. The van der Waals surface area contributed by atoms with Crippen LogP contribution in [0, 0.1) is 0 Å². The average molecular weight is 724 g/mol. The van der Waals surface area contributed by atoms with Gasteiger partial charge in [-0.3, -0.25) is 39.9 Å². The molecular weight excluding hydrogens is 675 g/mol. The SMILES string of the molecule is CC1=NN=C(c2ccc(CNC(=O)C(N)CCCCNC(=S)Nc3ccc(CN4CCN(CC(=O)O)CCN(CC(=O)O)CC4)cc3)cc2)NN1. The number of thiocarbonyl (C=S) groups is 1. The van der Waals surface area contributed by atoms with E-state index in [1.807, 2.05) is 65.3 Å². The van der Waals surface area contributed by atoms with E-state index in [0.29, 0.717) is 82.1 Å². The molecule has 2 aliphatic heterocycles. The minimum atomic E-state index is -0.895. The molecule has 51 heavy (non-hydrogen) atoms. The van der Waals surface area contributed by atoms with Gasteiger partial charge in [0.2, 0.25) is 5.91 Å². The molecule has 0 aromatic heterocycles. The molecule has 1 fully saturated rings. The largest absolute Gasteiger partial charge is 0.480 e. The summed E-state index contributed by atoms with van der Waals surface area (Å²) in [6.07, 6.45) is 2.11. The quantitative estimate of drug-likeness (QED) is 0.0879. The zero-order valence-corrected chi connectivity index (χ0v) is 29.8. The van der Waals surface area contributed by atoms with Crippen LogP contribution in [0.4, 0.5) is 5.69 Å². The van der Waals surface area contributed by atoms with Crippen molar-refractivity contribution >= 4 is 52.5 Å². The molecule has 17 heteroatoms. The third-order valence-electron chi connectivity index (χ3n) is 8.45. The molecule has 1 atom stereocenters. The van der Waals surface area contributed by atoms with Crippen LogP contribution in [-0.2, 0) is 27.5 Å². The van der Waals surface area contributed by atoms with E-state index in [-0.39, 0.29) is 19.0 Å². The fourth-order valence-electron chi connectivity index (χ4n) is 5.55. The highest BCUT2D eigenvalue weighted by Gasteiger charge is 2.20. The monoisotopic (exact) mass is 723 g/mol. The van der Waals surface area contributed by atoms with Gasteiger partial charge in [-0.05, 0) is 61.7 Å². The summed E-state index contributed by atoms with van der Waals surface area (Å²) in [5.41, 5.74) is 15.8. The zero-order chi connectivity index (χ0) is 36.6. The Kier molecular flexibility index (Phi) is 15.5. The van der Waals surface area contributed by atoms with E-state index < -0.39 is 18.0 Å². The number of hydrazine groups is 1. The molecule has 0 radical (unpaired) electrons. The van der Waals surface area contributed by atoms with Crippen molar-refractivity contribution in [1.82, 2.24) is 36.2 Å². The third kappa shape index (κ3) is 14.2. The first-order valence-corrected chi connectivity index (χ1v) is 17.5. The molecule has 4 rings (SSSR count). The Bertz CT molecular complexity index is 1510. The van der Waals surface area contributed by atoms with Crippen LogP contribution in [-0.4, -0.2) is 124 Å². The molecule has 0 saturated carbocycles. The van der Waals surface area contributed by atoms with Crippen LogP contribution in [0.1, 0.15) is 42.9 Å². The zero-order valence-electron chi connectivity index (χ0n) is 28.9. The number of hydrogen-bond donors (Lipinski definition) is 8. The predicted octanol–water partition coefficient (Wildman–Crippen LogP) is 0.564. The summed E-state index contributed by atoms with van der Waals surface area (Å²) in [6, 6.07) is 15.0. The van der Waals surface area contributed by atoms with Crippen LogP contribution in [0.3, 0.4) is 0 Å². The molecule has 1 unspecified atom stereocenters. The molecule has 0 aliphatic carbocycles. The first-order chi connectivity index (χ1) is 24.5. The number of aliphatic carboxylic acids is 2. The number of amides is 1. The van der Waals surface area contributed by atoms with Crippen LogP contribution in [0.2, 0.25) is 0 Å². The van der Waals surface area contributed by atoms with Crippen LogP contribution < -0.4 is 32.5 Å². The van der Waals surface area contributed by atoms with Crippen LogP contribution in [0.5, 0.6) is 0 Å². The van der Waals surface area contributed by atoms with E-state index in [2.05, 4.69) is 41.9 Å². The maximum Gasteiger partial charge on any atom is 0.317 e. The Labute approximate surface area is 303 Å². The Morgan fingerprint density at radius 2 is 1.41 bits per heavy atom. The summed E-state index contributed by atoms with van der Waals surface area (Å²) in [7, 11) is 0. The van der Waals surface area contributed by atoms with Gasteiger partial charge < -0.3 is 31.9 Å². The van der Waals surface area contributed by atoms with Gasteiger partial charge in [0.1, 0.15) is 5.84 Å². The molecule has 2 aromatic carbocycles. The van der Waals surface area contributed by atoms with E-state index in [9.17, 15) is 24.6 Å². The molecule has 9 N–H and O–H groups in total. The lowest BCUT2D eigenvalue weighted by atomic mass is 10.1. The Balaban J connectivity index is 1.11. The standard InChI is InChI=1S/C34H49N11O5S/c1-24-39-41-32(42-40-24)27-9-5-25(6-10-27)20-37-33(50)29(35)4-2-3-13-36-34(51)38-28-11-7-26(8-12-28)21-43-14-16-44(22-30(46)47)18-19-45(17-15-43)23-31(48)49/h5-12,29H,2-4,13-23,35H2,1H3,(H,37,50)(H,39,40)(H,41,42)(H,46,47)(H,48,49)(H2,36,38,51). The van der Waals surface area contributed by atoms with Crippen molar-refractivity contribution < 1.29 is 24.6 Å². The summed E-state index contributed by atoms with van der Waals surface area (Å²) in [5.74, 6) is -0.678. The minimum absolute atomic E-state index is 0.0736. The lowest BCUT2D eigenvalue weighted by Gasteiger charge is -2.25. The van der Waals surface area contributed by atoms with Crippen LogP contribution in [0.15, 0.2) is 58.7 Å². The molecule has 2 aromatic rings. The molecule has 276 valence electrons. The predicted molar refractivity (Wildman–Crippen MR) is 200 cm³/mol. The summed E-state index contributed by atoms with van der Waals surface area (Å²) >= 11 is 5.46. The smallest absolute Gasteiger partial charge is 0.317 e. The van der Waals surface area contributed by atoms with Crippen molar-refractivity contribution in [1.29, 1.82) is 0 Å². The number of nitrogens with two attached hydrogens (primary N) is 1. The Morgan fingerprint density at radius 1 is 0.824 bits per heavy atom. The van der Waals surface area contributed by atoms with Gasteiger partial charge in [0, 0.05) is 70.2 Å². The molecule has 2 aliphatic rings. The number of carbonyl (C=O) groups is 3. The van der Waals surface area contributed by atoms with E-state index in [1.165, 1.54) is 0 Å². The lowest BCUT2D eigenvalue weighted by Crippen LogP contribution is -2.43. The number of hydrogen-bond acceptors (Lipinski definition) is 12. The molecule has 1 amide bonds. The summed E-state index contributed by atoms with van der Waals surface area (Å²) in [5, 5.41) is 36.5. The van der Waals surface area contributed by atoms with Gasteiger partial charge in [-0.15, -0.1) is 10.2 Å². The maximum atomic E-state index is 12.5. The lowest BCUT2D eigenvalue weighted by molar-refractivity contribution is -0.140. The van der Waals surface area contributed by atoms with Gasteiger partial charge in [0.05, 0.1) is 19.1 Å². The average Bonchev–Trinajstić information content (AvgIpc) is 3.19. The molecule has 2 heterocycles. The summed E-state index contributed by atoms with van der Waals surface area (Å²) in [4.78, 5) is 41.1. The third-order valence-corrected chi connectivity index (χ3v) is 8.70. The topological polar surface area (TPSA) is 212 Å². The number of unbranched alkanes of at least 4 members (excludes halogenated alkanes) is 1. The van der Waals surface area contributed by atoms with E-state index >= 15 is 0 Å². The van der Waals surface area contributed by atoms with Gasteiger partial charge in [-0.1, -0.05) is 36.4 Å². The normalized spacial score (nSPS) is 16.5. The Morgan fingerprint density at radius 3 is 1.98 bits per heavy atom. The van der Waals surface area contributed by atoms with E-state index in [1.54, 1.807) is 0 Å². The number of nitrogens with one attached hydrogen (secondary N) is 5. The minimum Gasteiger partial charge on any atom is -0.480 e. The number of rotatable bonds is 16. The van der Waals surface area contributed by atoms with Crippen molar-refractivity contribution in [3.05, 3.63) is 65.2 Å². The molecular formula is C34H49N11O5S. The second-order valence-electron chi connectivity index (χ2n) is 12.6. The van der Waals surface area contributed by atoms with Gasteiger partial charge in [-0.25, -0.2) is 0 Å². The number of carboxylic acids is 2. The molecule has 0 spiro atoms. The fraction of sp³-hybridized carbons (Fsp3) is 0.471. The van der Waals surface area contributed by atoms with Crippen molar-refractivity contribution in [3.63, 3.8) is 0 Å². The highest BCUT2D eigenvalue weighted by molar-refractivity contribution is 7.80.